The first-order valence-corrected chi connectivity index (χ1v) is 7.68. The van der Waals surface area contributed by atoms with Crippen molar-refractivity contribution in [2.45, 2.75) is 51.5 Å². The molecule has 2 aromatic rings. The summed E-state index contributed by atoms with van der Waals surface area (Å²) in [6, 6.07) is 0. The maximum Gasteiger partial charge on any atom is 0.252 e. The van der Waals surface area contributed by atoms with E-state index in [1.165, 1.54) is 4.68 Å². The highest BCUT2D eigenvalue weighted by molar-refractivity contribution is 5.60. The van der Waals surface area contributed by atoms with Gasteiger partial charge in [0.2, 0.25) is 0 Å². The first-order chi connectivity index (χ1) is 10.4. The Morgan fingerprint density at radius 1 is 1.41 bits per heavy atom. The third kappa shape index (κ3) is 2.64. The van der Waals surface area contributed by atoms with Crippen LogP contribution in [-0.2, 0) is 13.6 Å². The van der Waals surface area contributed by atoms with Gasteiger partial charge < -0.3 is 0 Å². The molecule has 1 unspecified atom stereocenters. The molecule has 1 atom stereocenters. The Morgan fingerprint density at radius 3 is 2.82 bits per heavy atom. The number of nitrogens with zero attached hydrogens (tertiary/aromatic N) is 5. The van der Waals surface area contributed by atoms with Crippen LogP contribution in [0, 0.1) is 5.92 Å². The van der Waals surface area contributed by atoms with Gasteiger partial charge in [0, 0.05) is 24.9 Å². The molecule has 0 amide bonds. The lowest BCUT2D eigenvalue weighted by Gasteiger charge is -2.18. The van der Waals surface area contributed by atoms with E-state index in [0.29, 0.717) is 24.5 Å². The Labute approximate surface area is 128 Å². The summed E-state index contributed by atoms with van der Waals surface area (Å²) in [6.07, 6.45) is 4.62. The second kappa shape index (κ2) is 5.44. The van der Waals surface area contributed by atoms with Gasteiger partial charge in [-0.3, -0.25) is 9.36 Å². The number of hydrogen-bond acceptors (Lipinski definition) is 3. The van der Waals surface area contributed by atoms with Crippen LogP contribution in [-0.4, -0.2) is 30.7 Å². The van der Waals surface area contributed by atoms with Gasteiger partial charge in [0.15, 0.2) is 0 Å². The molecule has 1 saturated carbocycles. The maximum absolute atomic E-state index is 13.7. The predicted octanol–water partition coefficient (Wildman–Crippen LogP) is 3.24. The fourth-order valence-electron chi connectivity index (χ4n) is 3.29. The molecule has 1 fully saturated rings. The molecular weight excluding hydrogens is 288 g/mol. The van der Waals surface area contributed by atoms with E-state index in [9.17, 15) is 8.78 Å². The lowest BCUT2D eigenvalue weighted by molar-refractivity contribution is -0.0434. The predicted molar refractivity (Wildman–Crippen MR) is 78.6 cm³/mol. The molecule has 0 N–H and O–H groups in total. The van der Waals surface area contributed by atoms with Gasteiger partial charge in [-0.25, -0.2) is 8.78 Å². The molecule has 0 radical (unpaired) electrons. The number of aryl methyl sites for hydroxylation is 1. The Kier molecular flexibility index (Phi) is 3.74. The number of aromatic nitrogens is 5. The molecular formula is C15H21F2N5. The Hall–Kier alpha value is -1.79. The number of rotatable bonds is 4. The second-order valence-corrected chi connectivity index (χ2v) is 6.40. The SMILES string of the molecule is CC(C)c1c(-c2cn(CC3CCCC3(F)F)nn2)cnn1C. The van der Waals surface area contributed by atoms with Gasteiger partial charge in [-0.1, -0.05) is 19.1 Å². The summed E-state index contributed by atoms with van der Waals surface area (Å²) in [5.74, 6) is -2.92. The van der Waals surface area contributed by atoms with Gasteiger partial charge in [-0.2, -0.15) is 5.10 Å². The summed E-state index contributed by atoms with van der Waals surface area (Å²) in [4.78, 5) is 0. The van der Waals surface area contributed by atoms with Crippen molar-refractivity contribution < 1.29 is 8.78 Å². The Morgan fingerprint density at radius 2 is 2.18 bits per heavy atom. The standard InChI is InChI=1S/C15H21F2N5/c1-10(2)14-12(7-18-21(14)3)13-9-22(20-19-13)8-11-5-4-6-15(11,16)17/h7,9-11H,4-6,8H2,1-3H3. The summed E-state index contributed by atoms with van der Waals surface area (Å²) < 4.78 is 30.8. The molecule has 7 heteroatoms. The zero-order valence-electron chi connectivity index (χ0n) is 13.1. The lowest BCUT2D eigenvalue weighted by Crippen LogP contribution is -2.26. The van der Waals surface area contributed by atoms with Crippen LogP contribution >= 0.6 is 0 Å². The quantitative estimate of drug-likeness (QED) is 0.871. The first kappa shape index (κ1) is 15.1. The summed E-state index contributed by atoms with van der Waals surface area (Å²) in [5, 5.41) is 12.4. The van der Waals surface area contributed by atoms with Crippen LogP contribution in [0.15, 0.2) is 12.4 Å². The molecule has 5 nitrogen and oxygen atoms in total. The largest absolute Gasteiger partial charge is 0.272 e. The van der Waals surface area contributed by atoms with E-state index in [-0.39, 0.29) is 13.0 Å². The van der Waals surface area contributed by atoms with E-state index in [2.05, 4.69) is 29.3 Å². The molecule has 2 aromatic heterocycles. The summed E-state index contributed by atoms with van der Waals surface area (Å²) in [6.45, 7) is 4.39. The van der Waals surface area contributed by atoms with Crippen molar-refractivity contribution in [3.8, 4) is 11.3 Å². The fourth-order valence-corrected chi connectivity index (χ4v) is 3.29. The van der Waals surface area contributed by atoms with E-state index in [1.807, 2.05) is 11.7 Å². The molecule has 120 valence electrons. The number of halogens is 2. The van der Waals surface area contributed by atoms with Gasteiger partial charge in [0.25, 0.3) is 5.92 Å². The zero-order chi connectivity index (χ0) is 15.9. The monoisotopic (exact) mass is 309 g/mol. The van der Waals surface area contributed by atoms with E-state index < -0.39 is 11.8 Å². The summed E-state index contributed by atoms with van der Waals surface area (Å²) in [5.41, 5.74) is 2.68. The number of alkyl halides is 2. The topological polar surface area (TPSA) is 48.5 Å². The number of hydrogen-bond donors (Lipinski definition) is 0. The van der Waals surface area contributed by atoms with Gasteiger partial charge in [0.1, 0.15) is 5.69 Å². The molecule has 0 aliphatic heterocycles. The van der Waals surface area contributed by atoms with Crippen LogP contribution < -0.4 is 0 Å². The van der Waals surface area contributed by atoms with Crippen LogP contribution in [0.25, 0.3) is 11.3 Å². The van der Waals surface area contributed by atoms with E-state index >= 15 is 0 Å². The highest BCUT2D eigenvalue weighted by Crippen LogP contribution is 2.41. The highest BCUT2D eigenvalue weighted by atomic mass is 19.3. The van der Waals surface area contributed by atoms with Crippen molar-refractivity contribution in [3.05, 3.63) is 18.1 Å². The second-order valence-electron chi connectivity index (χ2n) is 6.40. The molecule has 0 spiro atoms. The van der Waals surface area contributed by atoms with Crippen molar-refractivity contribution >= 4 is 0 Å². The van der Waals surface area contributed by atoms with Crippen molar-refractivity contribution in [1.29, 1.82) is 0 Å². The third-order valence-electron chi connectivity index (χ3n) is 4.41. The van der Waals surface area contributed by atoms with Crippen molar-refractivity contribution in [2.75, 3.05) is 0 Å². The van der Waals surface area contributed by atoms with Crippen molar-refractivity contribution in [2.24, 2.45) is 13.0 Å². The smallest absolute Gasteiger partial charge is 0.252 e. The lowest BCUT2D eigenvalue weighted by atomic mass is 10.0. The van der Waals surface area contributed by atoms with Crippen LogP contribution in [0.3, 0.4) is 0 Å². The maximum atomic E-state index is 13.7. The molecule has 1 aliphatic carbocycles. The first-order valence-electron chi connectivity index (χ1n) is 7.68. The van der Waals surface area contributed by atoms with Crippen LogP contribution in [0.2, 0.25) is 0 Å². The zero-order valence-corrected chi connectivity index (χ0v) is 13.1. The average molecular weight is 309 g/mol. The fraction of sp³-hybridized carbons (Fsp3) is 0.667. The van der Waals surface area contributed by atoms with Crippen LogP contribution in [0.4, 0.5) is 8.78 Å². The highest BCUT2D eigenvalue weighted by Gasteiger charge is 2.43. The van der Waals surface area contributed by atoms with E-state index in [1.54, 1.807) is 12.4 Å². The summed E-state index contributed by atoms with van der Waals surface area (Å²) in [7, 11) is 1.89. The Bertz CT molecular complexity index is 659. The van der Waals surface area contributed by atoms with E-state index in [4.69, 9.17) is 0 Å². The normalized spacial score (nSPS) is 20.9. The van der Waals surface area contributed by atoms with Gasteiger partial charge in [-0.05, 0) is 18.8 Å². The van der Waals surface area contributed by atoms with Gasteiger partial charge in [-0.15, -0.1) is 5.10 Å². The van der Waals surface area contributed by atoms with Crippen molar-refractivity contribution in [1.82, 2.24) is 24.8 Å². The minimum Gasteiger partial charge on any atom is -0.272 e. The molecule has 0 saturated heterocycles. The molecule has 3 rings (SSSR count). The van der Waals surface area contributed by atoms with Gasteiger partial charge >= 0.3 is 0 Å². The van der Waals surface area contributed by atoms with E-state index in [0.717, 1.165) is 11.3 Å². The Balaban J connectivity index is 1.83. The van der Waals surface area contributed by atoms with Crippen LogP contribution in [0.1, 0.15) is 44.7 Å². The molecule has 0 aromatic carbocycles. The summed E-state index contributed by atoms with van der Waals surface area (Å²) >= 11 is 0. The minimum atomic E-state index is -2.58. The third-order valence-corrected chi connectivity index (χ3v) is 4.41. The minimum absolute atomic E-state index is 0.0146. The van der Waals surface area contributed by atoms with Crippen LogP contribution in [0.5, 0.6) is 0 Å². The molecule has 2 heterocycles. The van der Waals surface area contributed by atoms with Gasteiger partial charge in [0.05, 0.1) is 24.6 Å². The molecule has 22 heavy (non-hydrogen) atoms. The molecule has 1 aliphatic rings. The van der Waals surface area contributed by atoms with Crippen molar-refractivity contribution in [3.63, 3.8) is 0 Å². The average Bonchev–Trinajstić information content (AvgIpc) is 3.10. The molecule has 0 bridgehead atoms.